The van der Waals surface area contributed by atoms with Gasteiger partial charge in [0, 0.05) is 16.7 Å². The highest BCUT2D eigenvalue weighted by Gasteiger charge is 2.08. The molecule has 0 aliphatic carbocycles. The maximum Gasteiger partial charge on any atom is 0.230 e. The van der Waals surface area contributed by atoms with Crippen LogP contribution in [0.2, 0.25) is 0 Å². The van der Waals surface area contributed by atoms with Gasteiger partial charge >= 0.3 is 0 Å². The summed E-state index contributed by atoms with van der Waals surface area (Å²) in [7, 11) is 0. The second kappa shape index (κ2) is 10.4. The zero-order chi connectivity index (χ0) is 18.9. The molecule has 2 aromatic carbocycles. The van der Waals surface area contributed by atoms with E-state index in [-0.39, 0.29) is 5.91 Å². The Balaban J connectivity index is 1.36. The normalized spacial score (nSPS) is 10.6. The highest BCUT2D eigenvalue weighted by Crippen LogP contribution is 2.28. The molecule has 27 heavy (non-hydrogen) atoms. The van der Waals surface area contributed by atoms with Crippen molar-refractivity contribution < 1.29 is 4.79 Å². The molecular formula is C19H19BrN4OS2. The first-order valence-electron chi connectivity index (χ1n) is 8.48. The van der Waals surface area contributed by atoms with E-state index in [1.807, 2.05) is 42.5 Å². The van der Waals surface area contributed by atoms with Gasteiger partial charge in [-0.05, 0) is 36.6 Å². The molecule has 0 aliphatic heterocycles. The molecule has 140 valence electrons. The number of aromatic nitrogens is 2. The predicted molar refractivity (Wildman–Crippen MR) is 116 cm³/mol. The molecule has 0 atom stereocenters. The van der Waals surface area contributed by atoms with E-state index in [0.717, 1.165) is 27.3 Å². The largest absolute Gasteiger partial charge is 0.355 e. The van der Waals surface area contributed by atoms with Crippen LogP contribution in [-0.2, 0) is 11.2 Å². The first-order chi connectivity index (χ1) is 13.2. The molecular weight excluding hydrogens is 444 g/mol. The molecule has 8 heteroatoms. The van der Waals surface area contributed by atoms with Gasteiger partial charge in [-0.3, -0.25) is 4.79 Å². The molecule has 0 aliphatic rings. The predicted octanol–water partition coefficient (Wildman–Crippen LogP) is 4.89. The Hall–Kier alpha value is -1.90. The number of benzene rings is 2. The van der Waals surface area contributed by atoms with E-state index in [4.69, 9.17) is 0 Å². The molecule has 3 rings (SSSR count). The van der Waals surface area contributed by atoms with Crippen LogP contribution in [0.5, 0.6) is 0 Å². The number of rotatable bonds is 9. The van der Waals surface area contributed by atoms with Gasteiger partial charge in [-0.25, -0.2) is 0 Å². The van der Waals surface area contributed by atoms with Gasteiger partial charge in [-0.2, -0.15) is 0 Å². The standard InChI is InChI=1S/C19H19BrN4OS2/c20-15-9-4-10-16(12-15)22-18-23-24-19(27-18)26-13-17(25)21-11-5-8-14-6-2-1-3-7-14/h1-4,6-7,9-10,12H,5,8,11,13H2,(H,21,25)(H,22,23). The Morgan fingerprint density at radius 2 is 1.96 bits per heavy atom. The average Bonchev–Trinajstić information content (AvgIpc) is 3.12. The van der Waals surface area contributed by atoms with Crippen molar-refractivity contribution in [2.24, 2.45) is 0 Å². The van der Waals surface area contributed by atoms with Crippen LogP contribution in [0.25, 0.3) is 0 Å². The number of thioether (sulfide) groups is 1. The molecule has 0 bridgehead atoms. The Kier molecular flexibility index (Phi) is 7.67. The van der Waals surface area contributed by atoms with Crippen molar-refractivity contribution in [2.75, 3.05) is 17.6 Å². The van der Waals surface area contributed by atoms with Crippen molar-refractivity contribution in [3.8, 4) is 0 Å². The van der Waals surface area contributed by atoms with Gasteiger partial charge in [0.15, 0.2) is 4.34 Å². The highest BCUT2D eigenvalue weighted by atomic mass is 79.9. The first-order valence-corrected chi connectivity index (χ1v) is 11.1. The Morgan fingerprint density at radius 3 is 2.78 bits per heavy atom. The number of amides is 1. The fraction of sp³-hybridized carbons (Fsp3) is 0.211. The van der Waals surface area contributed by atoms with Crippen molar-refractivity contribution in [3.63, 3.8) is 0 Å². The number of nitrogens with one attached hydrogen (secondary N) is 2. The number of aryl methyl sites for hydroxylation is 1. The van der Waals surface area contributed by atoms with E-state index in [1.54, 1.807) is 0 Å². The van der Waals surface area contributed by atoms with Crippen LogP contribution in [0.1, 0.15) is 12.0 Å². The monoisotopic (exact) mass is 462 g/mol. The fourth-order valence-electron chi connectivity index (χ4n) is 2.35. The van der Waals surface area contributed by atoms with Gasteiger partial charge in [-0.1, -0.05) is 75.4 Å². The minimum absolute atomic E-state index is 0.0183. The maximum atomic E-state index is 12.0. The summed E-state index contributed by atoms with van der Waals surface area (Å²) in [6.45, 7) is 0.681. The van der Waals surface area contributed by atoms with Crippen molar-refractivity contribution in [1.82, 2.24) is 15.5 Å². The molecule has 2 N–H and O–H groups in total. The minimum Gasteiger partial charge on any atom is -0.355 e. The number of carbonyl (C=O) groups excluding carboxylic acids is 1. The number of hydrogen-bond acceptors (Lipinski definition) is 6. The summed E-state index contributed by atoms with van der Waals surface area (Å²) in [6.07, 6.45) is 1.90. The Labute approximate surface area is 175 Å². The minimum atomic E-state index is 0.0183. The number of carbonyl (C=O) groups is 1. The lowest BCUT2D eigenvalue weighted by Gasteiger charge is -2.04. The van der Waals surface area contributed by atoms with E-state index < -0.39 is 0 Å². The summed E-state index contributed by atoms with van der Waals surface area (Å²) < 4.78 is 1.77. The summed E-state index contributed by atoms with van der Waals surface area (Å²) in [5.74, 6) is 0.362. The smallest absolute Gasteiger partial charge is 0.230 e. The van der Waals surface area contributed by atoms with E-state index >= 15 is 0 Å². The number of anilines is 2. The van der Waals surface area contributed by atoms with E-state index in [9.17, 15) is 4.79 Å². The molecule has 5 nitrogen and oxygen atoms in total. The van der Waals surface area contributed by atoms with Crippen molar-refractivity contribution in [3.05, 3.63) is 64.6 Å². The van der Waals surface area contributed by atoms with Crippen LogP contribution in [0.15, 0.2) is 63.4 Å². The Bertz CT molecular complexity index is 873. The number of nitrogens with zero attached hydrogens (tertiary/aromatic N) is 2. The van der Waals surface area contributed by atoms with Gasteiger partial charge in [0.05, 0.1) is 5.75 Å². The van der Waals surface area contributed by atoms with Gasteiger partial charge in [0.2, 0.25) is 11.0 Å². The summed E-state index contributed by atoms with van der Waals surface area (Å²) in [6, 6.07) is 18.1. The molecule has 0 saturated heterocycles. The van der Waals surface area contributed by atoms with Crippen molar-refractivity contribution in [1.29, 1.82) is 0 Å². The third-order valence-electron chi connectivity index (χ3n) is 3.62. The lowest BCUT2D eigenvalue weighted by molar-refractivity contribution is -0.118. The van der Waals surface area contributed by atoms with Gasteiger partial charge < -0.3 is 10.6 Å². The quantitative estimate of drug-likeness (QED) is 0.350. The lowest BCUT2D eigenvalue weighted by Crippen LogP contribution is -2.26. The maximum absolute atomic E-state index is 12.0. The van der Waals surface area contributed by atoms with Gasteiger partial charge in [0.25, 0.3) is 0 Å². The molecule has 0 fully saturated rings. The number of hydrogen-bond donors (Lipinski definition) is 2. The lowest BCUT2D eigenvalue weighted by atomic mass is 10.1. The third-order valence-corrected chi connectivity index (χ3v) is 6.08. The van der Waals surface area contributed by atoms with E-state index in [0.29, 0.717) is 17.4 Å². The summed E-state index contributed by atoms with van der Waals surface area (Å²) in [5, 5.41) is 15.1. The topological polar surface area (TPSA) is 66.9 Å². The molecule has 3 aromatic rings. The van der Waals surface area contributed by atoms with Crippen LogP contribution < -0.4 is 10.6 Å². The molecule has 1 aromatic heterocycles. The number of halogens is 1. The second-order valence-electron chi connectivity index (χ2n) is 5.74. The van der Waals surface area contributed by atoms with Gasteiger partial charge in [0.1, 0.15) is 0 Å². The molecule has 0 saturated carbocycles. The summed E-state index contributed by atoms with van der Waals surface area (Å²) in [5.41, 5.74) is 2.23. The third kappa shape index (κ3) is 6.97. The van der Waals surface area contributed by atoms with E-state index in [2.05, 4.69) is 48.9 Å². The van der Waals surface area contributed by atoms with Gasteiger partial charge in [-0.15, -0.1) is 10.2 Å². The van der Waals surface area contributed by atoms with Crippen LogP contribution in [0.4, 0.5) is 10.8 Å². The summed E-state index contributed by atoms with van der Waals surface area (Å²) in [4.78, 5) is 12.0. The van der Waals surface area contributed by atoms with Crippen LogP contribution in [-0.4, -0.2) is 28.4 Å². The second-order valence-corrected chi connectivity index (χ2v) is 8.85. The van der Waals surface area contributed by atoms with Crippen molar-refractivity contribution in [2.45, 2.75) is 17.2 Å². The van der Waals surface area contributed by atoms with Crippen molar-refractivity contribution >= 4 is 55.8 Å². The fourth-order valence-corrected chi connectivity index (χ4v) is 4.35. The Morgan fingerprint density at radius 1 is 1.11 bits per heavy atom. The zero-order valence-corrected chi connectivity index (χ0v) is 17.7. The molecule has 0 unspecified atom stereocenters. The molecule has 0 spiro atoms. The first kappa shape index (κ1) is 19.9. The van der Waals surface area contributed by atoms with E-state index in [1.165, 1.54) is 28.7 Å². The molecule has 1 amide bonds. The molecule has 0 radical (unpaired) electrons. The highest BCUT2D eigenvalue weighted by molar-refractivity contribution is 9.10. The summed E-state index contributed by atoms with van der Waals surface area (Å²) >= 11 is 6.28. The van der Waals surface area contributed by atoms with Crippen LogP contribution >= 0.6 is 39.0 Å². The SMILES string of the molecule is O=C(CSc1nnc(Nc2cccc(Br)c2)s1)NCCCc1ccccc1. The van der Waals surface area contributed by atoms with Crippen LogP contribution in [0.3, 0.4) is 0 Å². The van der Waals surface area contributed by atoms with Crippen LogP contribution in [0, 0.1) is 0 Å². The molecule has 1 heterocycles. The zero-order valence-electron chi connectivity index (χ0n) is 14.5. The average molecular weight is 463 g/mol.